The third kappa shape index (κ3) is 5.59. The molecule has 200 valence electrons. The predicted molar refractivity (Wildman–Crippen MR) is 133 cm³/mol. The molecule has 0 N–H and O–H groups in total. The fraction of sp³-hybridized carbons (Fsp3) is 0.500. The van der Waals surface area contributed by atoms with Crippen LogP contribution < -0.4 is 9.64 Å². The van der Waals surface area contributed by atoms with Gasteiger partial charge in [0.15, 0.2) is 17.0 Å². The number of rotatable bonds is 4. The smallest absolute Gasteiger partial charge is 0.405 e. The lowest BCUT2D eigenvalue weighted by Gasteiger charge is -2.35. The zero-order chi connectivity index (χ0) is 25.4. The Kier molecular flexibility index (Phi) is 7.79. The molecule has 5 rings (SSSR count). The van der Waals surface area contributed by atoms with Gasteiger partial charge in [-0.25, -0.2) is 15.0 Å². The normalized spacial score (nSPS) is 17.1. The highest BCUT2D eigenvalue weighted by Crippen LogP contribution is 2.39. The van der Waals surface area contributed by atoms with Crippen LogP contribution in [0.15, 0.2) is 24.3 Å². The van der Waals surface area contributed by atoms with E-state index in [1.807, 2.05) is 4.57 Å². The molecule has 2 aliphatic rings. The van der Waals surface area contributed by atoms with E-state index in [2.05, 4.69) is 14.6 Å². The Balaban J connectivity index is 0.00000320. The first-order chi connectivity index (χ1) is 17.2. The van der Waals surface area contributed by atoms with Gasteiger partial charge in [-0.3, -0.25) is 4.79 Å². The summed E-state index contributed by atoms with van der Waals surface area (Å²) in [6.07, 6.45) is -3.49. The molecule has 2 fully saturated rings. The standard InChI is InChI=1S/C24H27F3N6O3.ClH/c1-15-28-22(32-11-9-31(10-12-32)16(2)34)20-23(29-15)33(17-7-13-35-14-8-17)21(30-20)18-5-3-4-6-19(18)36-24(25,26)27;/h3-6,17H,7-14H2,1-2H3;1H. The monoisotopic (exact) mass is 540 g/mol. The van der Waals surface area contributed by atoms with E-state index in [0.29, 0.717) is 80.9 Å². The second kappa shape index (κ2) is 10.7. The summed E-state index contributed by atoms with van der Waals surface area (Å²) in [4.78, 5) is 29.8. The third-order valence-electron chi connectivity index (χ3n) is 6.57. The van der Waals surface area contributed by atoms with E-state index in [1.54, 1.807) is 30.9 Å². The molecule has 4 heterocycles. The number of hydrogen-bond donors (Lipinski definition) is 0. The number of imidazole rings is 1. The van der Waals surface area contributed by atoms with Crippen molar-refractivity contribution in [2.75, 3.05) is 44.3 Å². The van der Waals surface area contributed by atoms with Crippen molar-refractivity contribution in [2.45, 2.75) is 39.1 Å². The van der Waals surface area contributed by atoms with Crippen LogP contribution in [0.25, 0.3) is 22.6 Å². The number of carbonyl (C=O) groups excluding carboxylic acids is 1. The van der Waals surface area contributed by atoms with Gasteiger partial charge in [-0.1, -0.05) is 12.1 Å². The van der Waals surface area contributed by atoms with Crippen LogP contribution in [0, 0.1) is 6.92 Å². The van der Waals surface area contributed by atoms with Crippen LogP contribution >= 0.6 is 12.4 Å². The molecule has 37 heavy (non-hydrogen) atoms. The number of ether oxygens (including phenoxy) is 2. The highest BCUT2D eigenvalue weighted by molar-refractivity contribution is 5.88. The van der Waals surface area contributed by atoms with Gasteiger partial charge in [0.1, 0.15) is 17.4 Å². The Labute approximate surface area is 218 Å². The van der Waals surface area contributed by atoms with Crippen LogP contribution in [-0.4, -0.2) is 76.1 Å². The number of hydrogen-bond acceptors (Lipinski definition) is 7. The number of nitrogens with zero attached hydrogens (tertiary/aromatic N) is 6. The first-order valence-corrected chi connectivity index (χ1v) is 11.9. The van der Waals surface area contributed by atoms with Crippen LogP contribution in [0.4, 0.5) is 19.0 Å². The van der Waals surface area contributed by atoms with Gasteiger partial charge in [-0.15, -0.1) is 25.6 Å². The van der Waals surface area contributed by atoms with Crippen molar-refractivity contribution in [3.05, 3.63) is 30.1 Å². The summed E-state index contributed by atoms with van der Waals surface area (Å²) in [7, 11) is 0. The van der Waals surface area contributed by atoms with Crippen LogP contribution in [-0.2, 0) is 9.53 Å². The molecule has 9 nitrogen and oxygen atoms in total. The molecule has 0 saturated carbocycles. The molecule has 13 heteroatoms. The molecule has 0 radical (unpaired) electrons. The average Bonchev–Trinajstić information content (AvgIpc) is 3.22. The predicted octanol–water partition coefficient (Wildman–Crippen LogP) is 4.14. The largest absolute Gasteiger partial charge is 0.573 e. The van der Waals surface area contributed by atoms with Crippen LogP contribution in [0.3, 0.4) is 0 Å². The minimum Gasteiger partial charge on any atom is -0.405 e. The number of alkyl halides is 3. The first kappa shape index (κ1) is 26.9. The maximum atomic E-state index is 13.2. The minimum atomic E-state index is -4.84. The van der Waals surface area contributed by atoms with E-state index in [-0.39, 0.29) is 35.7 Å². The van der Waals surface area contributed by atoms with Gasteiger partial charge < -0.3 is 23.8 Å². The molecular weight excluding hydrogens is 513 g/mol. The maximum Gasteiger partial charge on any atom is 0.573 e. The van der Waals surface area contributed by atoms with Crippen molar-refractivity contribution in [3.8, 4) is 17.1 Å². The summed E-state index contributed by atoms with van der Waals surface area (Å²) in [6.45, 7) is 6.65. The lowest BCUT2D eigenvalue weighted by Crippen LogP contribution is -2.48. The number of amides is 1. The van der Waals surface area contributed by atoms with Crippen molar-refractivity contribution in [2.24, 2.45) is 0 Å². The van der Waals surface area contributed by atoms with Crippen LogP contribution in [0.5, 0.6) is 5.75 Å². The number of halogens is 4. The summed E-state index contributed by atoms with van der Waals surface area (Å²) >= 11 is 0. The Morgan fingerprint density at radius 1 is 1.05 bits per heavy atom. The molecule has 2 aromatic heterocycles. The van der Waals surface area contributed by atoms with Gasteiger partial charge in [-0.05, 0) is 31.9 Å². The second-order valence-corrected chi connectivity index (χ2v) is 8.95. The number of aryl methyl sites for hydroxylation is 1. The molecule has 0 spiro atoms. The molecule has 2 aliphatic heterocycles. The number of aromatic nitrogens is 4. The van der Waals surface area contributed by atoms with E-state index < -0.39 is 6.36 Å². The van der Waals surface area contributed by atoms with Crippen molar-refractivity contribution in [1.82, 2.24) is 24.4 Å². The number of anilines is 1. The number of carbonyl (C=O) groups is 1. The number of piperazine rings is 1. The Morgan fingerprint density at radius 2 is 1.73 bits per heavy atom. The van der Waals surface area contributed by atoms with E-state index in [1.165, 1.54) is 12.1 Å². The summed E-state index contributed by atoms with van der Waals surface area (Å²) in [5.41, 5.74) is 1.31. The first-order valence-electron chi connectivity index (χ1n) is 11.9. The van der Waals surface area contributed by atoms with Crippen LogP contribution in [0.2, 0.25) is 0 Å². The van der Waals surface area contributed by atoms with Crippen molar-refractivity contribution in [1.29, 1.82) is 0 Å². The van der Waals surface area contributed by atoms with E-state index >= 15 is 0 Å². The average molecular weight is 541 g/mol. The van der Waals surface area contributed by atoms with Crippen molar-refractivity contribution >= 4 is 35.3 Å². The molecule has 3 aromatic rings. The summed E-state index contributed by atoms with van der Waals surface area (Å²) in [5.74, 6) is 1.19. The zero-order valence-electron chi connectivity index (χ0n) is 20.5. The summed E-state index contributed by atoms with van der Waals surface area (Å²) in [5, 5.41) is 0. The van der Waals surface area contributed by atoms with Gasteiger partial charge in [-0.2, -0.15) is 0 Å². The minimum absolute atomic E-state index is 0. The lowest BCUT2D eigenvalue weighted by atomic mass is 10.1. The number of benzene rings is 1. The zero-order valence-corrected chi connectivity index (χ0v) is 21.3. The summed E-state index contributed by atoms with van der Waals surface area (Å²) in [6, 6.07) is 5.95. The fourth-order valence-corrected chi connectivity index (χ4v) is 4.86. The molecule has 0 bridgehead atoms. The Bertz CT molecular complexity index is 1270. The quantitative estimate of drug-likeness (QED) is 0.491. The Morgan fingerprint density at radius 3 is 2.38 bits per heavy atom. The lowest BCUT2D eigenvalue weighted by molar-refractivity contribution is -0.274. The molecule has 0 aliphatic carbocycles. The molecule has 1 aromatic carbocycles. The number of fused-ring (bicyclic) bond motifs is 1. The number of para-hydroxylation sites is 1. The van der Waals surface area contributed by atoms with Gasteiger partial charge in [0.05, 0.1) is 5.56 Å². The Hall–Kier alpha value is -3.12. The molecule has 0 atom stereocenters. The third-order valence-corrected chi connectivity index (χ3v) is 6.57. The molecule has 2 saturated heterocycles. The highest BCUT2D eigenvalue weighted by atomic mass is 35.5. The topological polar surface area (TPSA) is 85.6 Å². The van der Waals surface area contributed by atoms with Gasteiger partial charge >= 0.3 is 6.36 Å². The second-order valence-electron chi connectivity index (χ2n) is 8.95. The van der Waals surface area contributed by atoms with Crippen molar-refractivity contribution < 1.29 is 27.4 Å². The highest BCUT2D eigenvalue weighted by Gasteiger charge is 2.34. The van der Waals surface area contributed by atoms with Crippen LogP contribution in [0.1, 0.15) is 31.6 Å². The van der Waals surface area contributed by atoms with Gasteiger partial charge in [0, 0.05) is 52.4 Å². The van der Waals surface area contributed by atoms with Crippen molar-refractivity contribution in [3.63, 3.8) is 0 Å². The summed E-state index contributed by atoms with van der Waals surface area (Å²) < 4.78 is 51.5. The molecule has 1 amide bonds. The van der Waals surface area contributed by atoms with E-state index in [0.717, 1.165) is 0 Å². The SMILES string of the molecule is CC(=O)N1CCN(c2nc(C)nc3c2nc(-c2ccccc2OC(F)(F)F)n3C2CCOCC2)CC1.Cl. The van der Waals surface area contributed by atoms with E-state index in [9.17, 15) is 18.0 Å². The maximum absolute atomic E-state index is 13.2. The molecule has 0 unspecified atom stereocenters. The fourth-order valence-electron chi connectivity index (χ4n) is 4.86. The van der Waals surface area contributed by atoms with E-state index in [4.69, 9.17) is 14.7 Å². The van der Waals surface area contributed by atoms with Gasteiger partial charge in [0.25, 0.3) is 0 Å². The molecular formula is C24H28ClF3N6O3. The van der Waals surface area contributed by atoms with Gasteiger partial charge in [0.2, 0.25) is 5.91 Å².